The Balaban J connectivity index is 1.75. The molecule has 1 saturated heterocycles. The van der Waals surface area contributed by atoms with Crippen LogP contribution in [0.4, 0.5) is 0 Å². The lowest BCUT2D eigenvalue weighted by molar-refractivity contribution is -0.200. The highest BCUT2D eigenvalue weighted by Crippen LogP contribution is 2.78. The van der Waals surface area contributed by atoms with E-state index in [1.807, 2.05) is 6.92 Å². The summed E-state index contributed by atoms with van der Waals surface area (Å²) in [4.78, 5) is 25.2. The van der Waals surface area contributed by atoms with E-state index in [0.717, 1.165) is 44.9 Å². The van der Waals surface area contributed by atoms with Gasteiger partial charge in [0.1, 0.15) is 0 Å². The Kier molecular flexibility index (Phi) is 2.66. The van der Waals surface area contributed by atoms with Gasteiger partial charge >= 0.3 is 11.9 Å². The number of hydrogen-bond donors (Lipinski definition) is 1. The molecule has 0 aromatic carbocycles. The molecule has 5 aliphatic rings. The van der Waals surface area contributed by atoms with Crippen molar-refractivity contribution < 1.29 is 19.4 Å². The smallest absolute Gasteiger partial charge is 0.312 e. The van der Waals surface area contributed by atoms with Gasteiger partial charge in [-0.2, -0.15) is 0 Å². The summed E-state index contributed by atoms with van der Waals surface area (Å²) in [6.45, 7) is 6.72. The number of carbonyl (C=O) groups excluding carboxylic acids is 1. The normalized spacial score (nSPS) is 54.9. The fraction of sp³-hybridized carbons (Fsp3) is 0.800. The van der Waals surface area contributed by atoms with E-state index in [2.05, 4.69) is 6.58 Å². The maximum Gasteiger partial charge on any atom is 0.312 e. The molecule has 1 spiro atoms. The summed E-state index contributed by atoms with van der Waals surface area (Å²) in [5, 5.41) is 10.3. The minimum absolute atomic E-state index is 0.0628. The zero-order valence-electron chi connectivity index (χ0n) is 14.3. The molecule has 0 unspecified atom stereocenters. The Morgan fingerprint density at radius 1 is 1.29 bits per heavy atom. The third-order valence-corrected chi connectivity index (χ3v) is 8.75. The van der Waals surface area contributed by atoms with Gasteiger partial charge in [-0.3, -0.25) is 9.59 Å². The molecule has 5 rings (SSSR count). The second-order valence-corrected chi connectivity index (χ2v) is 9.47. The molecule has 7 atom stereocenters. The Morgan fingerprint density at radius 2 is 2.08 bits per heavy atom. The van der Waals surface area contributed by atoms with Crippen LogP contribution in [0.5, 0.6) is 0 Å². The van der Waals surface area contributed by atoms with Crippen LogP contribution in [0.1, 0.15) is 51.9 Å². The molecular formula is C20H26O4. The van der Waals surface area contributed by atoms with Crippen LogP contribution in [0, 0.1) is 39.9 Å². The number of fused-ring (bicyclic) bond motifs is 1. The van der Waals surface area contributed by atoms with E-state index in [4.69, 9.17) is 4.74 Å². The topological polar surface area (TPSA) is 63.6 Å². The lowest BCUT2D eigenvalue weighted by Crippen LogP contribution is -2.58. The lowest BCUT2D eigenvalue weighted by atomic mass is 9.51. The van der Waals surface area contributed by atoms with E-state index in [-0.39, 0.29) is 22.7 Å². The number of allylic oxidation sites excluding steroid dienone is 1. The molecule has 4 saturated carbocycles. The van der Waals surface area contributed by atoms with E-state index < -0.39 is 17.3 Å². The van der Waals surface area contributed by atoms with Crippen molar-refractivity contribution in [2.45, 2.75) is 51.9 Å². The summed E-state index contributed by atoms with van der Waals surface area (Å²) in [5.41, 5.74) is 0.339. The van der Waals surface area contributed by atoms with Gasteiger partial charge in [-0.25, -0.2) is 0 Å². The molecule has 4 nitrogen and oxygen atoms in total. The SMILES string of the molecule is C=C1C[C@]23C[C@H]1CC[C@H]2[C@@]12CCC[C@](C)(C(=O)OC1)[C@H]2[C@@H]3C(=O)O. The summed E-state index contributed by atoms with van der Waals surface area (Å²) < 4.78 is 5.71. The largest absolute Gasteiger partial charge is 0.481 e. The average molecular weight is 330 g/mol. The number of carboxylic acids is 1. The Morgan fingerprint density at radius 3 is 2.83 bits per heavy atom. The summed E-state index contributed by atoms with van der Waals surface area (Å²) in [7, 11) is 0. The van der Waals surface area contributed by atoms with Crippen LogP contribution in [0.2, 0.25) is 0 Å². The molecule has 4 bridgehead atoms. The molecule has 24 heavy (non-hydrogen) atoms. The van der Waals surface area contributed by atoms with Crippen molar-refractivity contribution in [1.29, 1.82) is 0 Å². The maximum atomic E-state index is 12.7. The van der Waals surface area contributed by atoms with Crippen LogP contribution >= 0.6 is 0 Å². The molecule has 0 aromatic rings. The fourth-order valence-corrected chi connectivity index (χ4v) is 8.18. The van der Waals surface area contributed by atoms with Gasteiger partial charge in [0.25, 0.3) is 0 Å². The van der Waals surface area contributed by atoms with Crippen molar-refractivity contribution in [2.24, 2.45) is 39.9 Å². The van der Waals surface area contributed by atoms with Crippen molar-refractivity contribution in [3.05, 3.63) is 12.2 Å². The molecule has 4 heteroatoms. The third kappa shape index (κ3) is 1.40. The molecule has 1 aliphatic heterocycles. The Hall–Kier alpha value is -1.32. The van der Waals surface area contributed by atoms with Crippen LogP contribution in [0.3, 0.4) is 0 Å². The van der Waals surface area contributed by atoms with Crippen LogP contribution < -0.4 is 0 Å². The van der Waals surface area contributed by atoms with Crippen molar-refractivity contribution in [1.82, 2.24) is 0 Å². The first-order chi connectivity index (χ1) is 11.4. The Labute approximate surface area is 142 Å². The standard InChI is InChI=1S/C20H26O4/c1-11-8-20-9-12(11)4-5-13(20)19-7-3-6-18(2,17(23)24-10-19)15(19)14(20)16(21)22/h12-15H,1,3-10H2,2H3,(H,21,22)/t12-,13+,14-,15-,18+,19-,20+/m1/s1. The fourth-order valence-electron chi connectivity index (χ4n) is 8.18. The first kappa shape index (κ1) is 15.0. The van der Waals surface area contributed by atoms with E-state index in [9.17, 15) is 14.7 Å². The van der Waals surface area contributed by atoms with Crippen molar-refractivity contribution in [3.8, 4) is 0 Å². The number of rotatable bonds is 1. The highest BCUT2D eigenvalue weighted by molar-refractivity contribution is 5.82. The summed E-state index contributed by atoms with van der Waals surface area (Å²) in [6, 6.07) is 0. The van der Waals surface area contributed by atoms with Gasteiger partial charge in [0.05, 0.1) is 17.9 Å². The van der Waals surface area contributed by atoms with Gasteiger partial charge in [0, 0.05) is 5.41 Å². The second-order valence-electron chi connectivity index (χ2n) is 9.47. The molecular weight excluding hydrogens is 304 g/mol. The monoisotopic (exact) mass is 330 g/mol. The van der Waals surface area contributed by atoms with Crippen LogP contribution in [-0.2, 0) is 14.3 Å². The quantitative estimate of drug-likeness (QED) is 0.591. The number of aliphatic carboxylic acids is 1. The van der Waals surface area contributed by atoms with Crippen LogP contribution in [-0.4, -0.2) is 23.7 Å². The average Bonchev–Trinajstić information content (AvgIpc) is 2.93. The predicted octanol–water partition coefficient (Wildman–Crippen LogP) is 3.41. The maximum absolute atomic E-state index is 12.7. The van der Waals surface area contributed by atoms with Crippen molar-refractivity contribution in [3.63, 3.8) is 0 Å². The van der Waals surface area contributed by atoms with E-state index in [1.165, 1.54) is 5.57 Å². The number of cyclic esters (lactones) is 1. The minimum Gasteiger partial charge on any atom is -0.481 e. The van der Waals surface area contributed by atoms with Crippen LogP contribution in [0.25, 0.3) is 0 Å². The second kappa shape index (κ2) is 4.25. The van der Waals surface area contributed by atoms with Gasteiger partial charge in [-0.15, -0.1) is 0 Å². The predicted molar refractivity (Wildman–Crippen MR) is 87.0 cm³/mol. The zero-order chi connectivity index (χ0) is 16.9. The highest BCUT2D eigenvalue weighted by atomic mass is 16.5. The molecule has 0 aromatic heterocycles. The number of esters is 1. The molecule has 5 fully saturated rings. The number of carbonyl (C=O) groups is 2. The number of hydrogen-bond acceptors (Lipinski definition) is 3. The third-order valence-electron chi connectivity index (χ3n) is 8.75. The van der Waals surface area contributed by atoms with Crippen molar-refractivity contribution >= 4 is 11.9 Å². The first-order valence-corrected chi connectivity index (χ1v) is 9.43. The van der Waals surface area contributed by atoms with Gasteiger partial charge in [-0.05, 0) is 68.6 Å². The molecule has 4 aliphatic carbocycles. The molecule has 0 radical (unpaired) electrons. The van der Waals surface area contributed by atoms with Gasteiger partial charge in [-0.1, -0.05) is 18.6 Å². The van der Waals surface area contributed by atoms with E-state index in [1.54, 1.807) is 0 Å². The molecule has 0 amide bonds. The summed E-state index contributed by atoms with van der Waals surface area (Å²) in [6.07, 6.45) is 6.85. The molecule has 1 heterocycles. The van der Waals surface area contributed by atoms with Crippen LogP contribution in [0.15, 0.2) is 12.2 Å². The van der Waals surface area contributed by atoms with E-state index in [0.29, 0.717) is 18.4 Å². The lowest BCUT2D eigenvalue weighted by Gasteiger charge is -2.55. The zero-order valence-corrected chi connectivity index (χ0v) is 14.3. The van der Waals surface area contributed by atoms with Crippen molar-refractivity contribution in [2.75, 3.05) is 6.61 Å². The summed E-state index contributed by atoms with van der Waals surface area (Å²) in [5.74, 6) is -0.458. The summed E-state index contributed by atoms with van der Waals surface area (Å²) >= 11 is 0. The minimum atomic E-state index is -0.690. The molecule has 130 valence electrons. The number of carboxylic acid groups (broad SMARTS) is 1. The highest BCUT2D eigenvalue weighted by Gasteiger charge is 2.78. The van der Waals surface area contributed by atoms with Gasteiger partial charge < -0.3 is 9.84 Å². The first-order valence-electron chi connectivity index (χ1n) is 9.43. The van der Waals surface area contributed by atoms with E-state index >= 15 is 0 Å². The van der Waals surface area contributed by atoms with Gasteiger partial charge in [0.15, 0.2) is 0 Å². The van der Waals surface area contributed by atoms with Gasteiger partial charge in [0.2, 0.25) is 0 Å². The molecule has 1 N–H and O–H groups in total. The Bertz CT molecular complexity index is 669. The number of ether oxygens (including phenoxy) is 1.